The zero-order chi connectivity index (χ0) is 21.3. The van der Waals surface area contributed by atoms with Crippen LogP contribution >= 0.6 is 0 Å². The molecule has 2 aliphatic heterocycles. The Hall–Kier alpha value is -2.92. The van der Waals surface area contributed by atoms with E-state index < -0.39 is 17.7 Å². The molecule has 0 radical (unpaired) electrons. The van der Waals surface area contributed by atoms with E-state index in [0.717, 1.165) is 18.4 Å². The predicted molar refractivity (Wildman–Crippen MR) is 115 cm³/mol. The fraction of sp³-hybridized carbons (Fsp3) is 0.360. The number of hydrogen-bond donors (Lipinski definition) is 1. The molecule has 30 heavy (non-hydrogen) atoms. The molecule has 4 rings (SSSR count). The second-order valence-electron chi connectivity index (χ2n) is 8.27. The van der Waals surface area contributed by atoms with Crippen LogP contribution < -0.4 is 0 Å². The first-order chi connectivity index (χ1) is 14.5. The molecular weight excluding hydrogens is 378 g/mol. The van der Waals surface area contributed by atoms with Gasteiger partial charge in [-0.25, -0.2) is 0 Å². The Kier molecular flexibility index (Phi) is 5.73. The third kappa shape index (κ3) is 3.77. The van der Waals surface area contributed by atoms with E-state index >= 15 is 0 Å². The molecule has 2 aliphatic rings. The van der Waals surface area contributed by atoms with Crippen LogP contribution in [-0.2, 0) is 14.3 Å². The second-order valence-corrected chi connectivity index (χ2v) is 8.27. The van der Waals surface area contributed by atoms with Crippen LogP contribution in [0.4, 0.5) is 0 Å². The highest BCUT2D eigenvalue weighted by Crippen LogP contribution is 2.40. The Balaban J connectivity index is 1.80. The van der Waals surface area contributed by atoms with Gasteiger partial charge in [0, 0.05) is 18.7 Å². The standard InChI is InChI=1S/C25H27NO4/c1-16(2)17-10-12-18(13-11-17)22-21(23(27)19-7-4-3-5-8-19)24(28)25(29)26(22)15-20-9-6-14-30-20/h3-5,7-8,10-13,16,20,22,27H,6,9,14-15H2,1-2H3/t20-,22-/m1/s1. The molecule has 2 aromatic rings. The number of rotatable bonds is 5. The number of carbonyl (C=O) groups is 2. The van der Waals surface area contributed by atoms with Crippen molar-refractivity contribution in [2.24, 2.45) is 0 Å². The van der Waals surface area contributed by atoms with Gasteiger partial charge in [-0.3, -0.25) is 9.59 Å². The van der Waals surface area contributed by atoms with Crippen molar-refractivity contribution in [3.63, 3.8) is 0 Å². The van der Waals surface area contributed by atoms with Crippen molar-refractivity contribution in [1.82, 2.24) is 4.90 Å². The number of benzene rings is 2. The normalized spacial score (nSPS) is 23.5. The van der Waals surface area contributed by atoms with Gasteiger partial charge in [0.2, 0.25) is 0 Å². The fourth-order valence-corrected chi connectivity index (χ4v) is 4.24. The summed E-state index contributed by atoms with van der Waals surface area (Å²) in [7, 11) is 0. The Morgan fingerprint density at radius 2 is 1.80 bits per heavy atom. The highest BCUT2D eigenvalue weighted by Gasteiger charge is 2.47. The van der Waals surface area contributed by atoms with Gasteiger partial charge >= 0.3 is 0 Å². The molecule has 5 nitrogen and oxygen atoms in total. The average Bonchev–Trinajstić information content (AvgIpc) is 3.36. The lowest BCUT2D eigenvalue weighted by Gasteiger charge is -2.27. The second kappa shape index (κ2) is 8.44. The van der Waals surface area contributed by atoms with Gasteiger partial charge in [0.25, 0.3) is 11.7 Å². The third-order valence-electron chi connectivity index (χ3n) is 5.93. The highest BCUT2D eigenvalue weighted by molar-refractivity contribution is 6.46. The van der Waals surface area contributed by atoms with Crippen LogP contribution in [-0.4, -0.2) is 41.0 Å². The first-order valence-corrected chi connectivity index (χ1v) is 10.5. The molecular formula is C25H27NO4. The minimum atomic E-state index is -0.646. The Labute approximate surface area is 177 Å². The van der Waals surface area contributed by atoms with Crippen LogP contribution in [0.3, 0.4) is 0 Å². The number of aliphatic hydroxyl groups excluding tert-OH is 1. The molecule has 2 aromatic carbocycles. The van der Waals surface area contributed by atoms with Gasteiger partial charge in [0.1, 0.15) is 5.76 Å². The first-order valence-electron chi connectivity index (χ1n) is 10.5. The molecule has 0 bridgehead atoms. The van der Waals surface area contributed by atoms with Crippen molar-refractivity contribution in [2.75, 3.05) is 13.2 Å². The van der Waals surface area contributed by atoms with Gasteiger partial charge in [0.05, 0.1) is 17.7 Å². The molecule has 0 saturated carbocycles. The minimum Gasteiger partial charge on any atom is -0.507 e. The maximum atomic E-state index is 13.0. The molecule has 156 valence electrons. The van der Waals surface area contributed by atoms with Gasteiger partial charge in [-0.1, -0.05) is 68.4 Å². The lowest BCUT2D eigenvalue weighted by molar-refractivity contribution is -0.140. The number of aliphatic hydroxyl groups is 1. The number of carbonyl (C=O) groups excluding carboxylic acids is 2. The van der Waals surface area contributed by atoms with Crippen LogP contribution in [0.2, 0.25) is 0 Å². The van der Waals surface area contributed by atoms with Crippen molar-refractivity contribution in [2.45, 2.75) is 44.8 Å². The summed E-state index contributed by atoms with van der Waals surface area (Å²) in [4.78, 5) is 27.6. The molecule has 5 heteroatoms. The summed E-state index contributed by atoms with van der Waals surface area (Å²) in [6, 6.07) is 16.2. The number of amides is 1. The largest absolute Gasteiger partial charge is 0.507 e. The monoisotopic (exact) mass is 405 g/mol. The molecule has 0 spiro atoms. The Morgan fingerprint density at radius 3 is 2.40 bits per heavy atom. The van der Waals surface area contributed by atoms with Gasteiger partial charge in [-0.05, 0) is 29.9 Å². The maximum absolute atomic E-state index is 13.0. The van der Waals surface area contributed by atoms with Crippen LogP contribution in [0.1, 0.15) is 55.3 Å². The zero-order valence-electron chi connectivity index (χ0n) is 17.4. The topological polar surface area (TPSA) is 66.8 Å². The van der Waals surface area contributed by atoms with Crippen molar-refractivity contribution in [3.8, 4) is 0 Å². The number of ketones is 1. The van der Waals surface area contributed by atoms with Crippen molar-refractivity contribution >= 4 is 17.4 Å². The van der Waals surface area contributed by atoms with E-state index in [1.165, 1.54) is 5.56 Å². The smallest absolute Gasteiger partial charge is 0.295 e. The average molecular weight is 405 g/mol. The van der Waals surface area contributed by atoms with Crippen LogP contribution in [0, 0.1) is 0 Å². The van der Waals surface area contributed by atoms with Gasteiger partial charge in [-0.2, -0.15) is 0 Å². The van der Waals surface area contributed by atoms with Crippen molar-refractivity contribution in [3.05, 3.63) is 76.9 Å². The quantitative estimate of drug-likeness (QED) is 0.455. The molecule has 2 atom stereocenters. The van der Waals surface area contributed by atoms with Crippen molar-refractivity contribution < 1.29 is 19.4 Å². The number of hydrogen-bond acceptors (Lipinski definition) is 4. The number of nitrogens with zero attached hydrogens (tertiary/aromatic N) is 1. The van der Waals surface area contributed by atoms with E-state index in [2.05, 4.69) is 13.8 Å². The fourth-order valence-electron chi connectivity index (χ4n) is 4.24. The maximum Gasteiger partial charge on any atom is 0.295 e. The van der Waals surface area contributed by atoms with Gasteiger partial charge < -0.3 is 14.7 Å². The minimum absolute atomic E-state index is 0.0857. The van der Waals surface area contributed by atoms with Crippen LogP contribution in [0.25, 0.3) is 5.76 Å². The summed E-state index contributed by atoms with van der Waals surface area (Å²) in [5.74, 6) is -0.989. The molecule has 1 N–H and O–H groups in total. The number of ether oxygens (including phenoxy) is 1. The SMILES string of the molecule is CC(C)c1ccc([C@@H]2C(=C(O)c3ccccc3)C(=O)C(=O)N2C[C@H]2CCCO2)cc1. The predicted octanol–water partition coefficient (Wildman–Crippen LogP) is 4.41. The summed E-state index contributed by atoms with van der Waals surface area (Å²) < 4.78 is 5.73. The number of Topliss-reactive ketones (excluding diaryl/α,β-unsaturated/α-hetero) is 1. The molecule has 0 aromatic heterocycles. The van der Waals surface area contributed by atoms with Crippen LogP contribution in [0.5, 0.6) is 0 Å². The first kappa shape index (κ1) is 20.4. The van der Waals surface area contributed by atoms with E-state index in [-0.39, 0.29) is 17.4 Å². The van der Waals surface area contributed by atoms with Crippen LogP contribution in [0.15, 0.2) is 60.2 Å². The third-order valence-corrected chi connectivity index (χ3v) is 5.93. The molecule has 0 unspecified atom stereocenters. The Morgan fingerprint density at radius 1 is 1.10 bits per heavy atom. The van der Waals surface area contributed by atoms with E-state index in [0.29, 0.717) is 24.6 Å². The molecule has 2 fully saturated rings. The zero-order valence-corrected chi connectivity index (χ0v) is 17.4. The summed E-state index contributed by atoms with van der Waals surface area (Å²) in [5.41, 5.74) is 2.66. The summed E-state index contributed by atoms with van der Waals surface area (Å²) in [5, 5.41) is 11.0. The lowest BCUT2D eigenvalue weighted by Crippen LogP contribution is -2.36. The molecule has 1 amide bonds. The Bertz CT molecular complexity index is 956. The molecule has 2 saturated heterocycles. The summed E-state index contributed by atoms with van der Waals surface area (Å²) >= 11 is 0. The lowest BCUT2D eigenvalue weighted by atomic mass is 9.93. The highest BCUT2D eigenvalue weighted by atomic mass is 16.5. The van der Waals surface area contributed by atoms with E-state index in [9.17, 15) is 14.7 Å². The van der Waals surface area contributed by atoms with Gasteiger partial charge in [-0.15, -0.1) is 0 Å². The van der Waals surface area contributed by atoms with Gasteiger partial charge in [0.15, 0.2) is 0 Å². The van der Waals surface area contributed by atoms with E-state index in [1.807, 2.05) is 30.3 Å². The van der Waals surface area contributed by atoms with E-state index in [4.69, 9.17) is 4.74 Å². The molecule has 2 heterocycles. The molecule has 0 aliphatic carbocycles. The number of likely N-dealkylation sites (tertiary alicyclic amines) is 1. The summed E-state index contributed by atoms with van der Waals surface area (Å²) in [6.07, 6.45) is 1.73. The summed E-state index contributed by atoms with van der Waals surface area (Å²) in [6.45, 7) is 5.25. The van der Waals surface area contributed by atoms with E-state index in [1.54, 1.807) is 29.2 Å². The van der Waals surface area contributed by atoms with Crippen molar-refractivity contribution in [1.29, 1.82) is 0 Å².